The number of aryl methyl sites for hydroxylation is 2. The molecule has 0 N–H and O–H groups in total. The zero-order valence-electron chi connectivity index (χ0n) is 20.9. The van der Waals surface area contributed by atoms with Gasteiger partial charge in [-0.3, -0.25) is 0 Å². The minimum absolute atomic E-state index is 0.837. The molecule has 1 aliphatic heterocycles. The summed E-state index contributed by atoms with van der Waals surface area (Å²) < 4.78 is 2.11. The maximum Gasteiger partial charge on any atom is 0.165 e. The molecule has 6 rings (SSSR count). The number of nitrogens with zero attached hydrogens (tertiary/aromatic N) is 5. The van der Waals surface area contributed by atoms with Crippen LogP contribution in [-0.4, -0.2) is 40.8 Å². The first kappa shape index (κ1) is 22.4. The first-order valence-corrected chi connectivity index (χ1v) is 12.7. The molecular formula is C31H31N5. The molecule has 1 fully saturated rings. The van der Waals surface area contributed by atoms with Gasteiger partial charge in [0.05, 0.1) is 5.69 Å². The Morgan fingerprint density at radius 2 is 1.25 bits per heavy atom. The van der Waals surface area contributed by atoms with Crippen molar-refractivity contribution in [3.8, 4) is 11.1 Å². The van der Waals surface area contributed by atoms with E-state index in [1.54, 1.807) is 0 Å². The lowest BCUT2D eigenvalue weighted by Crippen LogP contribution is -2.47. The monoisotopic (exact) mass is 473 g/mol. The largest absolute Gasteiger partial charge is 0.368 e. The summed E-state index contributed by atoms with van der Waals surface area (Å²) in [4.78, 5) is 10.1. The van der Waals surface area contributed by atoms with Gasteiger partial charge in [0.25, 0.3) is 0 Å². The lowest BCUT2D eigenvalue weighted by molar-refractivity contribution is 0.634. The van der Waals surface area contributed by atoms with Crippen molar-refractivity contribution in [1.29, 1.82) is 0 Å². The Kier molecular flexibility index (Phi) is 5.90. The molecule has 0 spiro atoms. The molecule has 0 saturated carbocycles. The average molecular weight is 474 g/mol. The summed E-state index contributed by atoms with van der Waals surface area (Å²) >= 11 is 0. The standard InChI is InChI=1S/C31H31N5/c1-23-28(22-25-12-6-3-7-13-25)31(35-20-18-34(19-21-35)27-16-10-5-11-17-27)36-30(32-23)29(24(2)33-36)26-14-8-4-9-15-26/h3-17H,18-22H2,1-2H3. The number of rotatable bonds is 5. The molecule has 5 aromatic rings. The van der Waals surface area contributed by atoms with Crippen molar-refractivity contribution in [2.75, 3.05) is 36.0 Å². The normalized spacial score (nSPS) is 13.9. The van der Waals surface area contributed by atoms with Crippen molar-refractivity contribution in [3.05, 3.63) is 114 Å². The molecule has 1 saturated heterocycles. The van der Waals surface area contributed by atoms with Crippen LogP contribution >= 0.6 is 0 Å². The van der Waals surface area contributed by atoms with Crippen molar-refractivity contribution >= 4 is 17.2 Å². The zero-order chi connectivity index (χ0) is 24.5. The molecule has 0 radical (unpaired) electrons. The van der Waals surface area contributed by atoms with Gasteiger partial charge in [0.2, 0.25) is 0 Å². The first-order valence-electron chi connectivity index (χ1n) is 12.7. The molecule has 0 bridgehead atoms. The van der Waals surface area contributed by atoms with E-state index in [0.29, 0.717) is 0 Å². The third-order valence-electron chi connectivity index (χ3n) is 7.20. The van der Waals surface area contributed by atoms with Crippen molar-refractivity contribution in [2.24, 2.45) is 0 Å². The van der Waals surface area contributed by atoms with E-state index in [0.717, 1.165) is 60.8 Å². The van der Waals surface area contributed by atoms with Crippen LogP contribution in [0.3, 0.4) is 0 Å². The number of para-hydroxylation sites is 1. The van der Waals surface area contributed by atoms with E-state index in [1.807, 2.05) is 0 Å². The fraction of sp³-hybridized carbons (Fsp3) is 0.226. The molecular weight excluding hydrogens is 442 g/mol. The number of fused-ring (bicyclic) bond motifs is 1. The van der Waals surface area contributed by atoms with E-state index in [4.69, 9.17) is 10.1 Å². The Bertz CT molecular complexity index is 1470. The van der Waals surface area contributed by atoms with Crippen LogP contribution in [0.4, 0.5) is 11.5 Å². The highest BCUT2D eigenvalue weighted by Crippen LogP contribution is 2.34. The van der Waals surface area contributed by atoms with Gasteiger partial charge in [0.15, 0.2) is 5.65 Å². The van der Waals surface area contributed by atoms with Gasteiger partial charge < -0.3 is 9.80 Å². The van der Waals surface area contributed by atoms with E-state index in [1.165, 1.54) is 22.6 Å². The highest BCUT2D eigenvalue weighted by molar-refractivity contribution is 5.81. The van der Waals surface area contributed by atoms with E-state index in [-0.39, 0.29) is 0 Å². The smallest absolute Gasteiger partial charge is 0.165 e. The molecule has 1 aliphatic rings. The predicted octanol–water partition coefficient (Wildman–Crippen LogP) is 5.93. The zero-order valence-corrected chi connectivity index (χ0v) is 20.9. The van der Waals surface area contributed by atoms with Gasteiger partial charge in [0.1, 0.15) is 5.82 Å². The molecule has 0 amide bonds. The number of hydrogen-bond donors (Lipinski definition) is 0. The number of piperazine rings is 1. The molecule has 2 aromatic heterocycles. The van der Waals surface area contributed by atoms with Gasteiger partial charge in [-0.25, -0.2) is 4.98 Å². The first-order chi connectivity index (χ1) is 17.7. The van der Waals surface area contributed by atoms with Gasteiger partial charge in [-0.1, -0.05) is 78.9 Å². The Morgan fingerprint density at radius 1 is 0.667 bits per heavy atom. The van der Waals surface area contributed by atoms with Crippen LogP contribution in [0.25, 0.3) is 16.8 Å². The van der Waals surface area contributed by atoms with Gasteiger partial charge in [-0.2, -0.15) is 9.61 Å². The Balaban J connectivity index is 1.46. The van der Waals surface area contributed by atoms with Crippen LogP contribution < -0.4 is 9.80 Å². The maximum absolute atomic E-state index is 5.15. The van der Waals surface area contributed by atoms with Crippen LogP contribution in [0.2, 0.25) is 0 Å². The molecule has 3 heterocycles. The number of anilines is 2. The lowest BCUT2D eigenvalue weighted by atomic mass is 10.0. The fourth-order valence-corrected chi connectivity index (χ4v) is 5.37. The van der Waals surface area contributed by atoms with Crippen LogP contribution in [0.15, 0.2) is 91.0 Å². The fourth-order valence-electron chi connectivity index (χ4n) is 5.37. The molecule has 180 valence electrons. The lowest BCUT2D eigenvalue weighted by Gasteiger charge is -2.38. The van der Waals surface area contributed by atoms with Crippen molar-refractivity contribution in [3.63, 3.8) is 0 Å². The van der Waals surface area contributed by atoms with E-state index in [9.17, 15) is 0 Å². The quantitative estimate of drug-likeness (QED) is 0.317. The van der Waals surface area contributed by atoms with Crippen molar-refractivity contribution in [2.45, 2.75) is 20.3 Å². The van der Waals surface area contributed by atoms with E-state index < -0.39 is 0 Å². The number of hydrogen-bond acceptors (Lipinski definition) is 4. The van der Waals surface area contributed by atoms with Gasteiger partial charge in [-0.15, -0.1) is 0 Å². The minimum Gasteiger partial charge on any atom is -0.368 e. The maximum atomic E-state index is 5.15. The molecule has 36 heavy (non-hydrogen) atoms. The summed E-state index contributed by atoms with van der Waals surface area (Å²) in [7, 11) is 0. The topological polar surface area (TPSA) is 36.7 Å². The second-order valence-electron chi connectivity index (χ2n) is 9.53. The molecule has 3 aromatic carbocycles. The summed E-state index contributed by atoms with van der Waals surface area (Å²) in [5.41, 5.74) is 9.13. The summed E-state index contributed by atoms with van der Waals surface area (Å²) in [5, 5.41) is 5.08. The van der Waals surface area contributed by atoms with Gasteiger partial charge in [-0.05, 0) is 37.1 Å². The van der Waals surface area contributed by atoms with Crippen LogP contribution in [0.5, 0.6) is 0 Å². The molecule has 0 unspecified atom stereocenters. The van der Waals surface area contributed by atoms with E-state index >= 15 is 0 Å². The highest BCUT2D eigenvalue weighted by atomic mass is 15.4. The van der Waals surface area contributed by atoms with Crippen molar-refractivity contribution < 1.29 is 0 Å². The van der Waals surface area contributed by atoms with Gasteiger partial charge in [0, 0.05) is 55.1 Å². The second-order valence-corrected chi connectivity index (χ2v) is 9.53. The molecule has 5 nitrogen and oxygen atoms in total. The predicted molar refractivity (Wildman–Crippen MR) is 148 cm³/mol. The second kappa shape index (κ2) is 9.50. The Hall–Kier alpha value is -4.12. The van der Waals surface area contributed by atoms with Crippen LogP contribution in [0.1, 0.15) is 22.5 Å². The van der Waals surface area contributed by atoms with Crippen LogP contribution in [-0.2, 0) is 6.42 Å². The minimum atomic E-state index is 0.837. The summed E-state index contributed by atoms with van der Waals surface area (Å²) in [6.07, 6.45) is 0.837. The number of benzene rings is 3. The van der Waals surface area contributed by atoms with Crippen LogP contribution in [0, 0.1) is 13.8 Å². The third kappa shape index (κ3) is 4.11. The molecule has 5 heteroatoms. The number of aromatic nitrogens is 3. The van der Waals surface area contributed by atoms with E-state index in [2.05, 4.69) is 119 Å². The Labute approximate surface area is 212 Å². The SMILES string of the molecule is Cc1nc2c(-c3ccccc3)c(C)nn2c(N2CCN(c3ccccc3)CC2)c1Cc1ccccc1. The van der Waals surface area contributed by atoms with Crippen molar-refractivity contribution in [1.82, 2.24) is 14.6 Å². The van der Waals surface area contributed by atoms with Gasteiger partial charge >= 0.3 is 0 Å². The summed E-state index contributed by atoms with van der Waals surface area (Å²) in [5.74, 6) is 1.18. The summed E-state index contributed by atoms with van der Waals surface area (Å²) in [6.45, 7) is 8.08. The molecule has 0 aliphatic carbocycles. The molecule has 0 atom stereocenters. The summed E-state index contributed by atoms with van der Waals surface area (Å²) in [6, 6.07) is 31.9. The Morgan fingerprint density at radius 3 is 1.92 bits per heavy atom. The highest BCUT2D eigenvalue weighted by Gasteiger charge is 2.26. The average Bonchev–Trinajstić information content (AvgIpc) is 3.25. The third-order valence-corrected chi connectivity index (χ3v) is 7.20.